The summed E-state index contributed by atoms with van der Waals surface area (Å²) in [4.78, 5) is 2.00. The highest BCUT2D eigenvalue weighted by Gasteiger charge is 2.07. The number of nitrogens with zero attached hydrogens (tertiary/aromatic N) is 1. The molecule has 0 fully saturated rings. The highest BCUT2D eigenvalue weighted by molar-refractivity contribution is 6.31. The number of hydrogen-bond acceptors (Lipinski definition) is 1. The SMILES string of the molecule is CCN(C)Cc1c(F)cccc1Cl. The molecular weight excluding hydrogens is 189 g/mol. The fourth-order valence-electron chi connectivity index (χ4n) is 1.07. The van der Waals surface area contributed by atoms with Gasteiger partial charge in [-0.05, 0) is 25.7 Å². The molecule has 0 saturated heterocycles. The summed E-state index contributed by atoms with van der Waals surface area (Å²) >= 11 is 5.86. The van der Waals surface area contributed by atoms with Gasteiger partial charge in [0.05, 0.1) is 0 Å². The van der Waals surface area contributed by atoms with Crippen molar-refractivity contribution in [2.75, 3.05) is 13.6 Å². The summed E-state index contributed by atoms with van der Waals surface area (Å²) in [7, 11) is 1.93. The lowest BCUT2D eigenvalue weighted by atomic mass is 10.2. The topological polar surface area (TPSA) is 3.24 Å². The van der Waals surface area contributed by atoms with Crippen molar-refractivity contribution in [1.82, 2.24) is 4.90 Å². The van der Waals surface area contributed by atoms with E-state index in [9.17, 15) is 4.39 Å². The lowest BCUT2D eigenvalue weighted by Gasteiger charge is -2.15. The molecular formula is C10H13ClFN. The molecule has 1 aromatic rings. The van der Waals surface area contributed by atoms with E-state index in [0.29, 0.717) is 17.1 Å². The molecule has 0 heterocycles. The van der Waals surface area contributed by atoms with Gasteiger partial charge < -0.3 is 4.90 Å². The molecule has 1 aromatic carbocycles. The third-order valence-corrected chi connectivity index (χ3v) is 2.38. The largest absolute Gasteiger partial charge is 0.302 e. The maximum Gasteiger partial charge on any atom is 0.129 e. The quantitative estimate of drug-likeness (QED) is 0.727. The Kier molecular flexibility index (Phi) is 3.70. The van der Waals surface area contributed by atoms with Crippen LogP contribution in [0.25, 0.3) is 0 Å². The van der Waals surface area contributed by atoms with E-state index in [4.69, 9.17) is 11.6 Å². The second-order valence-corrected chi connectivity index (χ2v) is 3.44. The monoisotopic (exact) mass is 201 g/mol. The molecule has 0 unspecified atom stereocenters. The van der Waals surface area contributed by atoms with E-state index in [0.717, 1.165) is 6.54 Å². The van der Waals surface area contributed by atoms with Gasteiger partial charge in [0.15, 0.2) is 0 Å². The predicted molar refractivity (Wildman–Crippen MR) is 53.4 cm³/mol. The van der Waals surface area contributed by atoms with Crippen molar-refractivity contribution in [3.63, 3.8) is 0 Å². The summed E-state index contributed by atoms with van der Waals surface area (Å²) in [5, 5.41) is 0.500. The molecule has 13 heavy (non-hydrogen) atoms. The van der Waals surface area contributed by atoms with Crippen LogP contribution in [-0.4, -0.2) is 18.5 Å². The van der Waals surface area contributed by atoms with Gasteiger partial charge in [-0.1, -0.05) is 24.6 Å². The Labute approximate surface area is 83.1 Å². The molecule has 0 radical (unpaired) electrons. The van der Waals surface area contributed by atoms with Crippen molar-refractivity contribution in [1.29, 1.82) is 0 Å². The summed E-state index contributed by atoms with van der Waals surface area (Å²) in [5.74, 6) is -0.229. The van der Waals surface area contributed by atoms with Crippen molar-refractivity contribution in [2.24, 2.45) is 0 Å². The lowest BCUT2D eigenvalue weighted by molar-refractivity contribution is 0.339. The summed E-state index contributed by atoms with van der Waals surface area (Å²) < 4.78 is 13.2. The maximum atomic E-state index is 13.2. The second kappa shape index (κ2) is 4.58. The van der Waals surface area contributed by atoms with Gasteiger partial charge in [-0.2, -0.15) is 0 Å². The minimum absolute atomic E-state index is 0.229. The van der Waals surface area contributed by atoms with Gasteiger partial charge >= 0.3 is 0 Å². The molecule has 0 aromatic heterocycles. The first-order valence-corrected chi connectivity index (χ1v) is 4.64. The first-order valence-electron chi connectivity index (χ1n) is 4.26. The summed E-state index contributed by atoms with van der Waals surface area (Å²) in [6.07, 6.45) is 0. The molecule has 0 saturated carbocycles. The van der Waals surface area contributed by atoms with E-state index in [1.54, 1.807) is 12.1 Å². The summed E-state index contributed by atoms with van der Waals surface area (Å²) in [5.41, 5.74) is 0.577. The summed E-state index contributed by atoms with van der Waals surface area (Å²) in [6, 6.07) is 4.77. The van der Waals surface area contributed by atoms with Crippen LogP contribution in [0.15, 0.2) is 18.2 Å². The van der Waals surface area contributed by atoms with Crippen molar-refractivity contribution in [2.45, 2.75) is 13.5 Å². The zero-order chi connectivity index (χ0) is 9.84. The van der Waals surface area contributed by atoms with Crippen molar-refractivity contribution >= 4 is 11.6 Å². The molecule has 72 valence electrons. The van der Waals surface area contributed by atoms with Crippen LogP contribution in [0.2, 0.25) is 5.02 Å². The van der Waals surface area contributed by atoms with Crippen molar-refractivity contribution in [3.8, 4) is 0 Å². The van der Waals surface area contributed by atoms with E-state index < -0.39 is 0 Å². The summed E-state index contributed by atoms with van der Waals surface area (Å²) in [6.45, 7) is 3.46. The van der Waals surface area contributed by atoms with Gasteiger partial charge in [0, 0.05) is 17.1 Å². The van der Waals surface area contributed by atoms with Gasteiger partial charge in [0.25, 0.3) is 0 Å². The molecule has 0 atom stereocenters. The Morgan fingerprint density at radius 2 is 2.15 bits per heavy atom. The molecule has 0 N–H and O–H groups in total. The van der Waals surface area contributed by atoms with Crippen molar-refractivity contribution in [3.05, 3.63) is 34.6 Å². The van der Waals surface area contributed by atoms with E-state index in [1.165, 1.54) is 6.07 Å². The first-order chi connectivity index (χ1) is 6.15. The maximum absolute atomic E-state index is 13.2. The van der Waals surface area contributed by atoms with Crippen LogP contribution in [0.1, 0.15) is 12.5 Å². The molecule has 0 amide bonds. The average molecular weight is 202 g/mol. The van der Waals surface area contributed by atoms with Crippen LogP contribution in [0.5, 0.6) is 0 Å². The van der Waals surface area contributed by atoms with Crippen LogP contribution in [0.4, 0.5) is 4.39 Å². The van der Waals surface area contributed by atoms with Gasteiger partial charge in [0.2, 0.25) is 0 Å². The zero-order valence-electron chi connectivity index (χ0n) is 7.85. The molecule has 0 bridgehead atoms. The lowest BCUT2D eigenvalue weighted by Crippen LogP contribution is -2.17. The Bertz CT molecular complexity index is 268. The fourth-order valence-corrected chi connectivity index (χ4v) is 1.29. The van der Waals surface area contributed by atoms with E-state index >= 15 is 0 Å². The third kappa shape index (κ3) is 2.68. The third-order valence-electron chi connectivity index (χ3n) is 2.03. The molecule has 3 heteroatoms. The Morgan fingerprint density at radius 1 is 1.46 bits per heavy atom. The van der Waals surface area contributed by atoms with E-state index in [2.05, 4.69) is 0 Å². The first kappa shape index (κ1) is 10.5. The van der Waals surface area contributed by atoms with Gasteiger partial charge in [-0.15, -0.1) is 0 Å². The molecule has 0 aliphatic rings. The van der Waals surface area contributed by atoms with E-state index in [1.807, 2.05) is 18.9 Å². The van der Waals surface area contributed by atoms with Crippen LogP contribution < -0.4 is 0 Å². The minimum Gasteiger partial charge on any atom is -0.302 e. The van der Waals surface area contributed by atoms with Crippen LogP contribution in [0.3, 0.4) is 0 Å². The number of benzene rings is 1. The Hall–Kier alpha value is -0.600. The Balaban J connectivity index is 2.87. The zero-order valence-corrected chi connectivity index (χ0v) is 8.61. The molecule has 0 spiro atoms. The van der Waals surface area contributed by atoms with E-state index in [-0.39, 0.29) is 5.82 Å². The predicted octanol–water partition coefficient (Wildman–Crippen LogP) is 2.93. The van der Waals surface area contributed by atoms with Gasteiger partial charge in [-0.3, -0.25) is 0 Å². The van der Waals surface area contributed by atoms with Crippen molar-refractivity contribution < 1.29 is 4.39 Å². The molecule has 0 aliphatic carbocycles. The average Bonchev–Trinajstić information content (AvgIpc) is 2.11. The minimum atomic E-state index is -0.229. The second-order valence-electron chi connectivity index (χ2n) is 3.03. The highest BCUT2D eigenvalue weighted by atomic mass is 35.5. The molecule has 1 rings (SSSR count). The smallest absolute Gasteiger partial charge is 0.129 e. The number of hydrogen-bond donors (Lipinski definition) is 0. The van der Waals surface area contributed by atoms with Gasteiger partial charge in [0.1, 0.15) is 5.82 Å². The number of halogens is 2. The number of rotatable bonds is 3. The standard InChI is InChI=1S/C10H13ClFN/c1-3-13(2)7-8-9(11)5-4-6-10(8)12/h4-6H,3,7H2,1-2H3. The van der Waals surface area contributed by atoms with Crippen LogP contribution in [0, 0.1) is 5.82 Å². The highest BCUT2D eigenvalue weighted by Crippen LogP contribution is 2.19. The Morgan fingerprint density at radius 3 is 2.69 bits per heavy atom. The fraction of sp³-hybridized carbons (Fsp3) is 0.400. The van der Waals surface area contributed by atoms with Crippen LogP contribution in [-0.2, 0) is 6.54 Å². The normalized spacial score (nSPS) is 10.8. The van der Waals surface area contributed by atoms with Crippen LogP contribution >= 0.6 is 11.6 Å². The molecule has 0 aliphatic heterocycles. The molecule has 1 nitrogen and oxygen atoms in total. The van der Waals surface area contributed by atoms with Gasteiger partial charge in [-0.25, -0.2) is 4.39 Å².